The SMILES string of the molecule is O=C(/C=C/c1ccccc1)CC(=O)CC(=O)/C=C/c1ccccc1. The highest BCUT2D eigenvalue weighted by atomic mass is 16.2. The van der Waals surface area contributed by atoms with E-state index in [2.05, 4.69) is 0 Å². The molecule has 0 heterocycles. The largest absolute Gasteiger partial charge is 0.299 e. The molecule has 0 bridgehead atoms. The van der Waals surface area contributed by atoms with Crippen molar-refractivity contribution in [2.75, 3.05) is 0 Å². The highest BCUT2D eigenvalue weighted by Crippen LogP contribution is 2.04. The smallest absolute Gasteiger partial charge is 0.163 e. The van der Waals surface area contributed by atoms with Crippen molar-refractivity contribution >= 4 is 29.5 Å². The molecule has 0 amide bonds. The number of hydrogen-bond donors (Lipinski definition) is 0. The highest BCUT2D eigenvalue weighted by Gasteiger charge is 2.10. The Hall–Kier alpha value is -3.07. The van der Waals surface area contributed by atoms with Crippen LogP contribution in [0.5, 0.6) is 0 Å². The zero-order valence-corrected chi connectivity index (χ0v) is 13.2. The zero-order chi connectivity index (χ0) is 17.2. The fourth-order valence-electron chi connectivity index (χ4n) is 2.08. The molecule has 0 unspecified atom stereocenters. The number of Topliss-reactive ketones (excluding diaryl/α,β-unsaturated/α-hetero) is 1. The first kappa shape index (κ1) is 17.3. The van der Waals surface area contributed by atoms with Crippen LogP contribution < -0.4 is 0 Å². The lowest BCUT2D eigenvalue weighted by molar-refractivity contribution is -0.127. The first-order valence-electron chi connectivity index (χ1n) is 7.67. The Morgan fingerprint density at radius 2 is 1.00 bits per heavy atom. The first-order valence-corrected chi connectivity index (χ1v) is 7.67. The summed E-state index contributed by atoms with van der Waals surface area (Å²) in [7, 11) is 0. The van der Waals surface area contributed by atoms with E-state index in [9.17, 15) is 14.4 Å². The van der Waals surface area contributed by atoms with Gasteiger partial charge < -0.3 is 0 Å². The summed E-state index contributed by atoms with van der Waals surface area (Å²) in [5, 5.41) is 0. The zero-order valence-electron chi connectivity index (χ0n) is 13.2. The predicted octanol–water partition coefficient (Wildman–Crippen LogP) is 3.90. The summed E-state index contributed by atoms with van der Waals surface area (Å²) >= 11 is 0. The van der Waals surface area contributed by atoms with Gasteiger partial charge in [0.05, 0.1) is 12.8 Å². The maximum absolute atomic E-state index is 11.8. The number of rotatable bonds is 8. The standard InChI is InChI=1S/C21H18O3/c22-19(13-11-17-7-3-1-4-8-17)15-21(24)16-20(23)14-12-18-9-5-2-6-10-18/h1-14H,15-16H2/b13-11+,14-12+. The average Bonchev–Trinajstić information content (AvgIpc) is 2.60. The van der Waals surface area contributed by atoms with Crippen LogP contribution in [0.3, 0.4) is 0 Å². The predicted molar refractivity (Wildman–Crippen MR) is 95.2 cm³/mol. The lowest BCUT2D eigenvalue weighted by Gasteiger charge is -1.96. The fourth-order valence-corrected chi connectivity index (χ4v) is 2.08. The minimum atomic E-state index is -0.375. The lowest BCUT2D eigenvalue weighted by atomic mass is 10.1. The summed E-state index contributed by atoms with van der Waals surface area (Å²) in [4.78, 5) is 35.3. The summed E-state index contributed by atoms with van der Waals surface area (Å²) in [6.45, 7) is 0. The number of ketones is 3. The second-order valence-electron chi connectivity index (χ2n) is 5.31. The molecule has 2 aromatic rings. The van der Waals surface area contributed by atoms with Crippen LogP contribution in [-0.2, 0) is 14.4 Å². The third kappa shape index (κ3) is 6.36. The quantitative estimate of drug-likeness (QED) is 0.548. The number of hydrogen-bond acceptors (Lipinski definition) is 3. The van der Waals surface area contributed by atoms with Gasteiger partial charge in [-0.1, -0.05) is 72.8 Å². The third-order valence-electron chi connectivity index (χ3n) is 3.27. The van der Waals surface area contributed by atoms with E-state index >= 15 is 0 Å². The minimum absolute atomic E-state index is 0.256. The molecule has 0 atom stereocenters. The van der Waals surface area contributed by atoms with Crippen molar-refractivity contribution in [2.24, 2.45) is 0 Å². The normalized spacial score (nSPS) is 11.0. The summed E-state index contributed by atoms with van der Waals surface area (Å²) in [6, 6.07) is 18.7. The van der Waals surface area contributed by atoms with E-state index in [1.165, 1.54) is 12.2 Å². The van der Waals surface area contributed by atoms with Crippen molar-refractivity contribution < 1.29 is 14.4 Å². The van der Waals surface area contributed by atoms with Crippen molar-refractivity contribution in [3.8, 4) is 0 Å². The molecule has 0 aliphatic rings. The summed E-state index contributed by atoms with van der Waals surface area (Å²) in [5.41, 5.74) is 1.78. The third-order valence-corrected chi connectivity index (χ3v) is 3.27. The maximum atomic E-state index is 11.8. The molecule has 3 heteroatoms. The molecule has 0 saturated heterocycles. The molecule has 0 aliphatic heterocycles. The second kappa shape index (κ2) is 9.16. The summed E-state index contributed by atoms with van der Waals surface area (Å²) < 4.78 is 0. The van der Waals surface area contributed by atoms with Gasteiger partial charge in [0.15, 0.2) is 11.6 Å². The van der Waals surface area contributed by atoms with Gasteiger partial charge in [0.25, 0.3) is 0 Å². The van der Waals surface area contributed by atoms with E-state index in [1.807, 2.05) is 60.7 Å². The Labute approximate surface area is 141 Å². The molecule has 0 N–H and O–H groups in total. The molecule has 2 aromatic carbocycles. The summed E-state index contributed by atoms with van der Waals surface area (Å²) in [5.74, 6) is -0.979. The molecule has 0 aliphatic carbocycles. The van der Waals surface area contributed by atoms with Gasteiger partial charge in [0.1, 0.15) is 5.78 Å². The molecule has 3 nitrogen and oxygen atoms in total. The molecule has 0 saturated carbocycles. The fraction of sp³-hybridized carbons (Fsp3) is 0.0952. The van der Waals surface area contributed by atoms with Gasteiger partial charge in [-0.3, -0.25) is 14.4 Å². The molecule has 0 radical (unpaired) electrons. The molecular weight excluding hydrogens is 300 g/mol. The summed E-state index contributed by atoms with van der Waals surface area (Å²) in [6.07, 6.45) is 5.55. The Morgan fingerprint density at radius 3 is 1.38 bits per heavy atom. The van der Waals surface area contributed by atoms with E-state index in [0.717, 1.165) is 11.1 Å². The average molecular weight is 318 g/mol. The van der Waals surface area contributed by atoms with Crippen LogP contribution in [0.2, 0.25) is 0 Å². The number of allylic oxidation sites excluding steroid dienone is 2. The molecule has 0 fully saturated rings. The van der Waals surface area contributed by atoms with Crippen LogP contribution in [0.25, 0.3) is 12.2 Å². The monoisotopic (exact) mass is 318 g/mol. The van der Waals surface area contributed by atoms with Crippen LogP contribution >= 0.6 is 0 Å². The van der Waals surface area contributed by atoms with Crippen LogP contribution in [0.4, 0.5) is 0 Å². The van der Waals surface area contributed by atoms with Crippen molar-refractivity contribution in [1.29, 1.82) is 0 Å². The van der Waals surface area contributed by atoms with Gasteiger partial charge in [0.2, 0.25) is 0 Å². The van der Waals surface area contributed by atoms with Crippen LogP contribution in [0.1, 0.15) is 24.0 Å². The molecule has 0 aromatic heterocycles. The van der Waals surface area contributed by atoms with Gasteiger partial charge in [-0.25, -0.2) is 0 Å². The minimum Gasteiger partial charge on any atom is -0.299 e. The first-order chi connectivity index (χ1) is 11.6. The Morgan fingerprint density at radius 1 is 0.625 bits per heavy atom. The van der Waals surface area contributed by atoms with E-state index < -0.39 is 0 Å². The van der Waals surface area contributed by atoms with E-state index in [0.29, 0.717) is 0 Å². The van der Waals surface area contributed by atoms with E-state index in [-0.39, 0.29) is 30.2 Å². The van der Waals surface area contributed by atoms with E-state index in [1.54, 1.807) is 12.2 Å². The van der Waals surface area contributed by atoms with Crippen LogP contribution in [0.15, 0.2) is 72.8 Å². The van der Waals surface area contributed by atoms with Gasteiger partial charge in [-0.15, -0.1) is 0 Å². The topological polar surface area (TPSA) is 51.2 Å². The van der Waals surface area contributed by atoms with Crippen molar-refractivity contribution in [2.45, 2.75) is 12.8 Å². The Bertz CT molecular complexity index is 691. The molecule has 120 valence electrons. The molecule has 24 heavy (non-hydrogen) atoms. The number of carbonyl (C=O) groups excluding carboxylic acids is 3. The highest BCUT2D eigenvalue weighted by molar-refractivity contribution is 6.13. The molecule has 2 rings (SSSR count). The van der Waals surface area contributed by atoms with E-state index in [4.69, 9.17) is 0 Å². The number of carbonyl (C=O) groups is 3. The lowest BCUT2D eigenvalue weighted by Crippen LogP contribution is -2.09. The van der Waals surface area contributed by atoms with Crippen molar-refractivity contribution in [1.82, 2.24) is 0 Å². The molecular formula is C21H18O3. The van der Waals surface area contributed by atoms with Crippen LogP contribution in [0, 0.1) is 0 Å². The maximum Gasteiger partial charge on any atom is 0.163 e. The van der Waals surface area contributed by atoms with Gasteiger partial charge in [-0.05, 0) is 23.3 Å². The van der Waals surface area contributed by atoms with Crippen LogP contribution in [-0.4, -0.2) is 17.3 Å². The van der Waals surface area contributed by atoms with Gasteiger partial charge in [-0.2, -0.15) is 0 Å². The van der Waals surface area contributed by atoms with Gasteiger partial charge >= 0.3 is 0 Å². The Kier molecular flexibility index (Phi) is 6.59. The van der Waals surface area contributed by atoms with Crippen molar-refractivity contribution in [3.63, 3.8) is 0 Å². The molecule has 0 spiro atoms. The number of benzene rings is 2. The van der Waals surface area contributed by atoms with Gasteiger partial charge in [0, 0.05) is 0 Å². The van der Waals surface area contributed by atoms with Crippen molar-refractivity contribution in [3.05, 3.63) is 83.9 Å². The second-order valence-corrected chi connectivity index (χ2v) is 5.31. The Balaban J connectivity index is 1.80.